The van der Waals surface area contributed by atoms with Crippen LogP contribution in [0.3, 0.4) is 0 Å². The maximum Gasteiger partial charge on any atom is 0.177 e. The molecule has 0 unspecified atom stereocenters. The Kier molecular flexibility index (Phi) is 3.78. The SMILES string of the molecule is CC(C)(C)c1c[nH]c(=S)n1Cc1ccccc1Br. The van der Waals surface area contributed by atoms with E-state index < -0.39 is 0 Å². The highest BCUT2D eigenvalue weighted by atomic mass is 79.9. The van der Waals surface area contributed by atoms with Crippen LogP contribution in [-0.2, 0) is 12.0 Å². The van der Waals surface area contributed by atoms with E-state index in [-0.39, 0.29) is 5.41 Å². The van der Waals surface area contributed by atoms with Crippen LogP contribution in [0.2, 0.25) is 0 Å². The van der Waals surface area contributed by atoms with Gasteiger partial charge < -0.3 is 9.55 Å². The Bertz CT molecular complexity index is 605. The minimum absolute atomic E-state index is 0.0782. The van der Waals surface area contributed by atoms with Crippen LogP contribution in [0.1, 0.15) is 32.0 Å². The van der Waals surface area contributed by atoms with Gasteiger partial charge >= 0.3 is 0 Å². The normalized spacial score (nSPS) is 11.8. The lowest BCUT2D eigenvalue weighted by atomic mass is 9.92. The molecule has 0 radical (unpaired) electrons. The largest absolute Gasteiger partial charge is 0.337 e. The molecule has 0 aliphatic rings. The van der Waals surface area contributed by atoms with Crippen molar-refractivity contribution >= 4 is 28.1 Å². The molecule has 1 N–H and O–H groups in total. The molecule has 4 heteroatoms. The number of imidazole rings is 1. The Balaban J connectivity index is 2.44. The van der Waals surface area contributed by atoms with Crippen LogP contribution >= 0.6 is 28.1 Å². The molecule has 2 aromatic rings. The standard InChI is InChI=1S/C14H17BrN2S/c1-14(2,3)12-8-16-13(18)17(12)9-10-6-4-5-7-11(10)15/h4-8H,9H2,1-3H3,(H,16,18). The Morgan fingerprint density at radius 3 is 2.56 bits per heavy atom. The van der Waals surface area contributed by atoms with E-state index in [4.69, 9.17) is 12.2 Å². The zero-order valence-corrected chi connectivity index (χ0v) is 13.2. The molecule has 1 aromatic carbocycles. The first-order valence-corrected chi connectivity index (χ1v) is 7.12. The highest BCUT2D eigenvalue weighted by Crippen LogP contribution is 2.24. The van der Waals surface area contributed by atoms with Crippen LogP contribution in [0.5, 0.6) is 0 Å². The molecule has 1 heterocycles. The van der Waals surface area contributed by atoms with Gasteiger partial charge in [0.25, 0.3) is 0 Å². The number of H-pyrrole nitrogens is 1. The summed E-state index contributed by atoms with van der Waals surface area (Å²) in [7, 11) is 0. The minimum Gasteiger partial charge on any atom is -0.337 e. The van der Waals surface area contributed by atoms with Crippen LogP contribution < -0.4 is 0 Å². The summed E-state index contributed by atoms with van der Waals surface area (Å²) in [5.74, 6) is 0. The molecule has 0 saturated heterocycles. The Hall–Kier alpha value is -0.870. The zero-order chi connectivity index (χ0) is 13.3. The molecule has 18 heavy (non-hydrogen) atoms. The lowest BCUT2D eigenvalue weighted by Gasteiger charge is -2.21. The molecule has 0 atom stereocenters. The van der Waals surface area contributed by atoms with Gasteiger partial charge in [0.05, 0.1) is 6.54 Å². The maximum absolute atomic E-state index is 5.38. The van der Waals surface area contributed by atoms with Gasteiger partial charge in [-0.05, 0) is 23.8 Å². The van der Waals surface area contributed by atoms with Gasteiger partial charge in [0, 0.05) is 21.8 Å². The number of aromatic amines is 1. The van der Waals surface area contributed by atoms with Crippen LogP contribution in [-0.4, -0.2) is 9.55 Å². The highest BCUT2D eigenvalue weighted by molar-refractivity contribution is 9.10. The number of hydrogen-bond donors (Lipinski definition) is 1. The molecular weight excluding hydrogens is 308 g/mol. The molecule has 2 rings (SSSR count). The van der Waals surface area contributed by atoms with Crippen molar-refractivity contribution in [2.45, 2.75) is 32.7 Å². The van der Waals surface area contributed by atoms with Crippen molar-refractivity contribution in [3.63, 3.8) is 0 Å². The molecule has 1 aromatic heterocycles. The summed E-state index contributed by atoms with van der Waals surface area (Å²) in [6, 6.07) is 8.25. The van der Waals surface area contributed by atoms with E-state index >= 15 is 0 Å². The number of aromatic nitrogens is 2. The van der Waals surface area contributed by atoms with Crippen molar-refractivity contribution in [1.29, 1.82) is 0 Å². The first kappa shape index (κ1) is 13.6. The van der Waals surface area contributed by atoms with E-state index in [9.17, 15) is 0 Å². The lowest BCUT2D eigenvalue weighted by molar-refractivity contribution is 0.529. The first-order chi connectivity index (χ1) is 8.39. The van der Waals surface area contributed by atoms with E-state index in [1.165, 1.54) is 11.3 Å². The van der Waals surface area contributed by atoms with Crippen molar-refractivity contribution in [3.8, 4) is 0 Å². The van der Waals surface area contributed by atoms with E-state index in [0.717, 1.165) is 15.8 Å². The molecule has 0 aliphatic heterocycles. The minimum atomic E-state index is 0.0782. The molecule has 0 saturated carbocycles. The third-order valence-electron chi connectivity index (χ3n) is 2.92. The molecule has 96 valence electrons. The van der Waals surface area contributed by atoms with E-state index in [2.05, 4.69) is 58.4 Å². The fourth-order valence-electron chi connectivity index (χ4n) is 1.97. The summed E-state index contributed by atoms with van der Waals surface area (Å²) in [6.45, 7) is 7.38. The van der Waals surface area contributed by atoms with Gasteiger partial charge in [-0.2, -0.15) is 0 Å². The number of rotatable bonds is 2. The second kappa shape index (κ2) is 5.02. The molecule has 0 amide bonds. The second-order valence-corrected chi connectivity index (χ2v) is 6.65. The van der Waals surface area contributed by atoms with E-state index in [1.807, 2.05) is 18.3 Å². The molecule has 0 bridgehead atoms. The summed E-state index contributed by atoms with van der Waals surface area (Å²) in [5, 5.41) is 0. The number of nitrogens with one attached hydrogen (secondary N) is 1. The molecular formula is C14H17BrN2S. The fourth-order valence-corrected chi connectivity index (χ4v) is 2.60. The Morgan fingerprint density at radius 2 is 1.94 bits per heavy atom. The van der Waals surface area contributed by atoms with Gasteiger partial charge in [0.15, 0.2) is 4.77 Å². The van der Waals surface area contributed by atoms with Crippen LogP contribution in [0.15, 0.2) is 34.9 Å². The van der Waals surface area contributed by atoms with Crippen molar-refractivity contribution in [1.82, 2.24) is 9.55 Å². The molecule has 0 spiro atoms. The fraction of sp³-hybridized carbons (Fsp3) is 0.357. The number of benzene rings is 1. The zero-order valence-electron chi connectivity index (χ0n) is 10.8. The lowest BCUT2D eigenvalue weighted by Crippen LogP contribution is -2.18. The summed E-state index contributed by atoms with van der Waals surface area (Å²) in [4.78, 5) is 3.15. The van der Waals surface area contributed by atoms with Crippen molar-refractivity contribution in [3.05, 3.63) is 51.0 Å². The van der Waals surface area contributed by atoms with Crippen molar-refractivity contribution in [2.24, 2.45) is 0 Å². The molecule has 0 fully saturated rings. The van der Waals surface area contributed by atoms with E-state index in [1.54, 1.807) is 0 Å². The molecule has 0 aliphatic carbocycles. The smallest absolute Gasteiger partial charge is 0.177 e. The highest BCUT2D eigenvalue weighted by Gasteiger charge is 2.19. The van der Waals surface area contributed by atoms with Gasteiger partial charge in [-0.3, -0.25) is 0 Å². The summed E-state index contributed by atoms with van der Waals surface area (Å²) < 4.78 is 4.05. The number of hydrogen-bond acceptors (Lipinski definition) is 1. The summed E-state index contributed by atoms with van der Waals surface area (Å²) in [5.41, 5.74) is 2.54. The van der Waals surface area contributed by atoms with Gasteiger partial charge in [0.1, 0.15) is 0 Å². The Morgan fingerprint density at radius 1 is 1.28 bits per heavy atom. The summed E-state index contributed by atoms with van der Waals surface area (Å²) in [6.07, 6.45) is 2.01. The maximum atomic E-state index is 5.38. The third-order valence-corrected chi connectivity index (χ3v) is 4.03. The van der Waals surface area contributed by atoms with Crippen molar-refractivity contribution < 1.29 is 0 Å². The van der Waals surface area contributed by atoms with Crippen LogP contribution in [0.4, 0.5) is 0 Å². The predicted octanol–water partition coefficient (Wildman–Crippen LogP) is 4.65. The Labute approximate surface area is 121 Å². The first-order valence-electron chi connectivity index (χ1n) is 5.91. The topological polar surface area (TPSA) is 20.7 Å². The van der Waals surface area contributed by atoms with Crippen LogP contribution in [0.25, 0.3) is 0 Å². The van der Waals surface area contributed by atoms with Crippen molar-refractivity contribution in [2.75, 3.05) is 0 Å². The quantitative estimate of drug-likeness (QED) is 0.797. The van der Waals surface area contributed by atoms with Gasteiger partial charge in [0.2, 0.25) is 0 Å². The average molecular weight is 325 g/mol. The van der Waals surface area contributed by atoms with Gasteiger partial charge in [-0.15, -0.1) is 0 Å². The van der Waals surface area contributed by atoms with Crippen LogP contribution in [0, 0.1) is 4.77 Å². The van der Waals surface area contributed by atoms with Gasteiger partial charge in [-0.1, -0.05) is 54.9 Å². The average Bonchev–Trinajstić information content (AvgIpc) is 2.63. The molecule has 2 nitrogen and oxygen atoms in total. The number of halogens is 1. The predicted molar refractivity (Wildman–Crippen MR) is 81.6 cm³/mol. The van der Waals surface area contributed by atoms with Gasteiger partial charge in [-0.25, -0.2) is 0 Å². The van der Waals surface area contributed by atoms with E-state index in [0.29, 0.717) is 0 Å². The monoisotopic (exact) mass is 324 g/mol. The number of nitrogens with zero attached hydrogens (tertiary/aromatic N) is 1. The third kappa shape index (κ3) is 2.75. The summed E-state index contributed by atoms with van der Waals surface area (Å²) >= 11 is 8.96. The second-order valence-electron chi connectivity index (χ2n) is 5.41.